The summed E-state index contributed by atoms with van der Waals surface area (Å²) in [4.78, 5) is 48.9. The number of nitrogens with one attached hydrogen (secondary N) is 1. The van der Waals surface area contributed by atoms with Gasteiger partial charge in [-0.25, -0.2) is 9.69 Å². The van der Waals surface area contributed by atoms with Crippen LogP contribution in [0.1, 0.15) is 11.1 Å². The van der Waals surface area contributed by atoms with Crippen LogP contribution in [-0.4, -0.2) is 29.9 Å². The van der Waals surface area contributed by atoms with Gasteiger partial charge in [0, 0.05) is 11.1 Å². The Morgan fingerprint density at radius 3 is 2.26 bits per heavy atom. The lowest BCUT2D eigenvalue weighted by molar-refractivity contribution is -0.385. The molecular weight excluding hydrogens is 547 g/mol. The molecule has 1 saturated heterocycles. The molecule has 1 aliphatic heterocycles. The zero-order valence-corrected chi connectivity index (χ0v) is 20.4. The van der Waals surface area contributed by atoms with Crippen molar-refractivity contribution >= 4 is 46.9 Å². The highest BCUT2D eigenvalue weighted by molar-refractivity contribution is 6.39. The lowest BCUT2D eigenvalue weighted by atomic mass is 10.1. The number of imide groups is 2. The van der Waals surface area contributed by atoms with E-state index in [2.05, 4.69) is 5.32 Å². The number of carbonyl (C=O) groups excluding carboxylic acids is 3. The van der Waals surface area contributed by atoms with Gasteiger partial charge in [-0.05, 0) is 60.2 Å². The normalized spacial score (nSPS) is 14.8. The second-order valence-electron chi connectivity index (χ2n) is 7.88. The van der Waals surface area contributed by atoms with Gasteiger partial charge >= 0.3 is 17.9 Å². The molecule has 0 aliphatic carbocycles. The number of hydrogen-bond donors (Lipinski definition) is 1. The van der Waals surface area contributed by atoms with Gasteiger partial charge in [-0.1, -0.05) is 17.7 Å². The van der Waals surface area contributed by atoms with Crippen LogP contribution >= 0.6 is 11.6 Å². The van der Waals surface area contributed by atoms with Crippen molar-refractivity contribution in [1.82, 2.24) is 5.32 Å². The summed E-state index contributed by atoms with van der Waals surface area (Å²) in [6.07, 6.45) is -3.62. The van der Waals surface area contributed by atoms with Crippen LogP contribution in [0.25, 0.3) is 6.08 Å². The third-order valence-electron chi connectivity index (χ3n) is 5.39. The van der Waals surface area contributed by atoms with Crippen LogP contribution in [0.15, 0.2) is 66.2 Å². The van der Waals surface area contributed by atoms with Crippen LogP contribution < -0.4 is 19.7 Å². The SMILES string of the molecule is COc1cc(/C=C2\C(=O)NC(=O)N(c3ccc(Cl)cc3)C2=O)ccc1Oc1ccc(C(F)(F)F)cc1[N+](=O)[O-]. The maximum Gasteiger partial charge on any atom is 0.416 e. The second kappa shape index (κ2) is 10.5. The van der Waals surface area contributed by atoms with Gasteiger partial charge in [0.05, 0.1) is 23.3 Å². The molecule has 10 nitrogen and oxygen atoms in total. The maximum atomic E-state index is 13.0. The summed E-state index contributed by atoms with van der Waals surface area (Å²) in [6, 6.07) is 10.6. The van der Waals surface area contributed by atoms with Crippen LogP contribution in [0.5, 0.6) is 17.2 Å². The third-order valence-corrected chi connectivity index (χ3v) is 5.64. The Bertz CT molecular complexity index is 1540. The summed E-state index contributed by atoms with van der Waals surface area (Å²) in [5.74, 6) is -2.45. The molecule has 0 bridgehead atoms. The Hall–Kier alpha value is -4.91. The van der Waals surface area contributed by atoms with E-state index in [4.69, 9.17) is 21.1 Å². The Kier molecular flexibility index (Phi) is 7.27. The lowest BCUT2D eigenvalue weighted by Gasteiger charge is -2.26. The maximum absolute atomic E-state index is 13.0. The number of barbiturate groups is 1. The summed E-state index contributed by atoms with van der Waals surface area (Å²) in [6.45, 7) is 0. The monoisotopic (exact) mass is 561 g/mol. The Morgan fingerprint density at radius 1 is 0.974 bits per heavy atom. The van der Waals surface area contributed by atoms with Crippen LogP contribution in [0, 0.1) is 10.1 Å². The van der Waals surface area contributed by atoms with Gasteiger partial charge in [0.1, 0.15) is 5.57 Å². The van der Waals surface area contributed by atoms with E-state index in [1.165, 1.54) is 55.7 Å². The summed E-state index contributed by atoms with van der Waals surface area (Å²) in [5.41, 5.74) is -2.13. The van der Waals surface area contributed by atoms with E-state index in [0.717, 1.165) is 11.0 Å². The van der Waals surface area contributed by atoms with E-state index < -0.39 is 51.5 Å². The molecule has 39 heavy (non-hydrogen) atoms. The molecule has 0 unspecified atom stereocenters. The number of alkyl halides is 3. The number of methoxy groups -OCH3 is 1. The Morgan fingerprint density at radius 2 is 1.64 bits per heavy atom. The number of ether oxygens (including phenoxy) is 2. The first-order valence-corrected chi connectivity index (χ1v) is 11.2. The third kappa shape index (κ3) is 5.67. The molecule has 0 aromatic heterocycles. The molecule has 0 spiro atoms. The quantitative estimate of drug-likeness (QED) is 0.176. The highest BCUT2D eigenvalue weighted by atomic mass is 35.5. The van der Waals surface area contributed by atoms with Gasteiger partial charge in [0.2, 0.25) is 5.75 Å². The number of rotatable bonds is 6. The molecule has 0 radical (unpaired) electrons. The molecule has 1 heterocycles. The number of nitro benzene ring substituents is 1. The summed E-state index contributed by atoms with van der Waals surface area (Å²) in [7, 11) is 1.24. The van der Waals surface area contributed by atoms with Gasteiger partial charge in [-0.2, -0.15) is 13.2 Å². The van der Waals surface area contributed by atoms with Crippen molar-refractivity contribution in [2.24, 2.45) is 0 Å². The lowest BCUT2D eigenvalue weighted by Crippen LogP contribution is -2.54. The number of amides is 4. The average Bonchev–Trinajstić information content (AvgIpc) is 2.87. The fourth-order valence-corrected chi connectivity index (χ4v) is 3.67. The average molecular weight is 562 g/mol. The topological polar surface area (TPSA) is 128 Å². The molecule has 14 heteroatoms. The number of halogens is 4. The molecule has 1 N–H and O–H groups in total. The van der Waals surface area contributed by atoms with Gasteiger partial charge in [-0.3, -0.25) is 25.0 Å². The molecule has 3 aromatic carbocycles. The largest absolute Gasteiger partial charge is 0.493 e. The first kappa shape index (κ1) is 27.1. The molecule has 1 fully saturated rings. The Balaban J connectivity index is 1.66. The highest BCUT2D eigenvalue weighted by Crippen LogP contribution is 2.40. The van der Waals surface area contributed by atoms with Crippen molar-refractivity contribution in [1.29, 1.82) is 0 Å². The van der Waals surface area contributed by atoms with Crippen molar-refractivity contribution < 1.29 is 42.0 Å². The van der Waals surface area contributed by atoms with Crippen LogP contribution in [0.2, 0.25) is 5.02 Å². The van der Waals surface area contributed by atoms with E-state index in [1.807, 2.05) is 0 Å². The fraction of sp³-hybridized carbons (Fsp3) is 0.0800. The molecule has 1 aliphatic rings. The standard InChI is InChI=1S/C25H15ClF3N3O7/c1-38-21-11-13(2-8-20(21)39-19-9-3-14(25(27,28)29)12-18(19)32(36)37)10-17-22(33)30-24(35)31(23(17)34)16-6-4-15(26)5-7-16/h2-12H,1H3,(H,30,33,35)/b17-10+. The zero-order chi connectivity index (χ0) is 28.5. The number of anilines is 1. The first-order valence-electron chi connectivity index (χ1n) is 10.8. The highest BCUT2D eigenvalue weighted by Gasteiger charge is 2.37. The molecule has 0 atom stereocenters. The molecule has 3 aromatic rings. The predicted molar refractivity (Wildman–Crippen MR) is 132 cm³/mol. The number of benzene rings is 3. The second-order valence-corrected chi connectivity index (χ2v) is 8.32. The van der Waals surface area contributed by atoms with Crippen LogP contribution in [-0.2, 0) is 15.8 Å². The summed E-state index contributed by atoms with van der Waals surface area (Å²) >= 11 is 5.85. The van der Waals surface area contributed by atoms with E-state index in [1.54, 1.807) is 0 Å². The zero-order valence-electron chi connectivity index (χ0n) is 19.6. The van der Waals surface area contributed by atoms with E-state index in [9.17, 15) is 37.7 Å². The van der Waals surface area contributed by atoms with Gasteiger partial charge in [0.25, 0.3) is 11.8 Å². The van der Waals surface area contributed by atoms with E-state index in [0.29, 0.717) is 17.2 Å². The number of urea groups is 1. The minimum Gasteiger partial charge on any atom is -0.493 e. The molecule has 4 amide bonds. The predicted octanol–water partition coefficient (Wildman–Crippen LogP) is 5.73. The van der Waals surface area contributed by atoms with Gasteiger partial charge in [-0.15, -0.1) is 0 Å². The van der Waals surface area contributed by atoms with Crippen LogP contribution in [0.3, 0.4) is 0 Å². The fourth-order valence-electron chi connectivity index (χ4n) is 3.55. The first-order chi connectivity index (χ1) is 18.4. The molecule has 4 rings (SSSR count). The minimum atomic E-state index is -4.80. The number of nitrogens with zero attached hydrogens (tertiary/aromatic N) is 2. The molecule has 0 saturated carbocycles. The molecular formula is C25H15ClF3N3O7. The number of nitro groups is 1. The Labute approximate surface area is 222 Å². The summed E-state index contributed by atoms with van der Waals surface area (Å²) < 4.78 is 49.7. The number of hydrogen-bond acceptors (Lipinski definition) is 7. The van der Waals surface area contributed by atoms with Gasteiger partial charge in [0.15, 0.2) is 11.5 Å². The molecule has 200 valence electrons. The number of carbonyl (C=O) groups is 3. The van der Waals surface area contributed by atoms with Crippen LogP contribution in [0.4, 0.5) is 29.3 Å². The summed E-state index contributed by atoms with van der Waals surface area (Å²) in [5, 5.41) is 13.8. The van der Waals surface area contributed by atoms with Crippen molar-refractivity contribution in [3.8, 4) is 17.2 Å². The van der Waals surface area contributed by atoms with E-state index >= 15 is 0 Å². The minimum absolute atomic E-state index is 0.0205. The smallest absolute Gasteiger partial charge is 0.416 e. The van der Waals surface area contributed by atoms with E-state index in [-0.39, 0.29) is 22.7 Å². The van der Waals surface area contributed by atoms with Crippen molar-refractivity contribution in [3.05, 3.63) is 92.5 Å². The van der Waals surface area contributed by atoms with Crippen molar-refractivity contribution in [2.75, 3.05) is 12.0 Å². The van der Waals surface area contributed by atoms with Crippen molar-refractivity contribution in [3.63, 3.8) is 0 Å². The van der Waals surface area contributed by atoms with Crippen molar-refractivity contribution in [2.45, 2.75) is 6.18 Å². The van der Waals surface area contributed by atoms with Gasteiger partial charge < -0.3 is 9.47 Å².